The fourth-order valence-corrected chi connectivity index (χ4v) is 1.97. The van der Waals surface area contributed by atoms with Gasteiger partial charge in [-0.2, -0.15) is 8.42 Å². The van der Waals surface area contributed by atoms with Crippen LogP contribution >= 0.6 is 0 Å². The van der Waals surface area contributed by atoms with Crippen LogP contribution in [0.2, 0.25) is 0 Å². The number of hydrogen-bond donors (Lipinski definition) is 4. The second-order valence-electron chi connectivity index (χ2n) is 4.69. The van der Waals surface area contributed by atoms with Crippen molar-refractivity contribution in [3.63, 3.8) is 0 Å². The summed E-state index contributed by atoms with van der Waals surface area (Å²) >= 11 is 0. The minimum absolute atomic E-state index is 0.0277. The van der Waals surface area contributed by atoms with Crippen LogP contribution in [0.25, 0.3) is 0 Å². The molecule has 0 unspecified atom stereocenters. The number of carbonyl (C=O) groups is 3. The van der Waals surface area contributed by atoms with Crippen LogP contribution in [0.3, 0.4) is 0 Å². The second-order valence-corrected chi connectivity index (χ2v) is 6.26. The highest BCUT2D eigenvalue weighted by Gasteiger charge is 2.13. The molecule has 0 bridgehead atoms. The van der Waals surface area contributed by atoms with Crippen LogP contribution in [0.1, 0.15) is 39.6 Å². The molecule has 0 aliphatic heterocycles. The molecule has 0 saturated carbocycles. The predicted octanol–water partition coefficient (Wildman–Crippen LogP) is 1.59. The molecule has 0 saturated heterocycles. The van der Waals surface area contributed by atoms with Crippen LogP contribution < -0.4 is 5.32 Å². The average Bonchev–Trinajstić information content (AvgIpc) is 2.53. The summed E-state index contributed by atoms with van der Waals surface area (Å²) in [6.45, 7) is 6.39. The van der Waals surface area contributed by atoms with Crippen LogP contribution in [-0.2, 0) is 14.9 Å². The van der Waals surface area contributed by atoms with E-state index in [1.54, 1.807) is 14.0 Å². The lowest BCUT2D eigenvalue weighted by atomic mass is 10.0. The lowest BCUT2D eigenvalue weighted by Gasteiger charge is -2.03. The van der Waals surface area contributed by atoms with E-state index in [4.69, 9.17) is 14.8 Å². The highest BCUT2D eigenvalue weighted by Crippen LogP contribution is 2.13. The minimum Gasteiger partial charge on any atom is -0.478 e. The first-order valence-electron chi connectivity index (χ1n) is 7.26. The van der Waals surface area contributed by atoms with Gasteiger partial charge in [-0.1, -0.05) is 19.6 Å². The molecule has 26 heavy (non-hydrogen) atoms. The normalized spacial score (nSPS) is 9.54. The third-order valence-electron chi connectivity index (χ3n) is 2.69. The Labute approximate surface area is 152 Å². The van der Waals surface area contributed by atoms with E-state index in [0.29, 0.717) is 6.42 Å². The SMILES string of the molecule is C=CC(=O)NC.CCCS(=O)(=O)O.Cc1c(C(=O)O)cccc1C(=O)O. The number of carbonyl (C=O) groups excluding carboxylic acids is 1. The molecule has 0 aliphatic rings. The van der Waals surface area contributed by atoms with Crippen molar-refractivity contribution in [2.45, 2.75) is 20.3 Å². The third-order valence-corrected chi connectivity index (χ3v) is 3.61. The van der Waals surface area contributed by atoms with E-state index in [-0.39, 0.29) is 28.4 Å². The number of hydrogen-bond acceptors (Lipinski definition) is 5. The summed E-state index contributed by atoms with van der Waals surface area (Å²) in [6.07, 6.45) is 1.69. The number of carboxylic acid groups (broad SMARTS) is 2. The smallest absolute Gasteiger partial charge is 0.335 e. The number of aromatic carboxylic acids is 2. The molecular formula is C16H23NO8S. The highest BCUT2D eigenvalue weighted by atomic mass is 32.2. The van der Waals surface area contributed by atoms with E-state index >= 15 is 0 Å². The number of likely N-dealkylation sites (N-methyl/N-ethyl adjacent to an activating group) is 1. The summed E-state index contributed by atoms with van der Waals surface area (Å²) in [4.78, 5) is 31.2. The molecule has 146 valence electrons. The zero-order valence-corrected chi connectivity index (χ0v) is 15.5. The van der Waals surface area contributed by atoms with Gasteiger partial charge in [0.15, 0.2) is 0 Å². The molecule has 0 radical (unpaired) electrons. The van der Waals surface area contributed by atoms with Crippen molar-refractivity contribution in [3.05, 3.63) is 47.5 Å². The Morgan fingerprint density at radius 2 is 1.58 bits per heavy atom. The molecule has 1 aromatic carbocycles. The van der Waals surface area contributed by atoms with Crippen LogP contribution in [0, 0.1) is 6.92 Å². The molecule has 1 rings (SSSR count). The topological polar surface area (TPSA) is 158 Å². The summed E-state index contributed by atoms with van der Waals surface area (Å²) in [5.74, 6) is -2.50. The van der Waals surface area contributed by atoms with E-state index in [1.807, 2.05) is 0 Å². The van der Waals surface area contributed by atoms with Gasteiger partial charge in [-0.3, -0.25) is 9.35 Å². The zero-order valence-electron chi connectivity index (χ0n) is 14.7. The first-order chi connectivity index (χ1) is 11.9. The molecule has 0 heterocycles. The van der Waals surface area contributed by atoms with Gasteiger partial charge < -0.3 is 15.5 Å². The van der Waals surface area contributed by atoms with E-state index in [9.17, 15) is 22.8 Å². The molecule has 10 heteroatoms. The van der Waals surface area contributed by atoms with Gasteiger partial charge in [-0.15, -0.1) is 0 Å². The van der Waals surface area contributed by atoms with Gasteiger partial charge in [0.05, 0.1) is 16.9 Å². The van der Waals surface area contributed by atoms with Gasteiger partial charge in [0.2, 0.25) is 5.91 Å². The van der Waals surface area contributed by atoms with Crippen LogP contribution in [0.4, 0.5) is 0 Å². The van der Waals surface area contributed by atoms with Gasteiger partial charge in [-0.05, 0) is 37.1 Å². The second kappa shape index (κ2) is 12.6. The van der Waals surface area contributed by atoms with Crippen LogP contribution in [-0.4, -0.2) is 53.8 Å². The highest BCUT2D eigenvalue weighted by molar-refractivity contribution is 7.85. The summed E-state index contributed by atoms with van der Waals surface area (Å²) in [5, 5.41) is 19.7. The first kappa shape index (κ1) is 25.5. The summed E-state index contributed by atoms with van der Waals surface area (Å²) < 4.78 is 27.6. The van der Waals surface area contributed by atoms with E-state index < -0.39 is 22.1 Å². The Morgan fingerprint density at radius 3 is 1.73 bits per heavy atom. The Balaban J connectivity index is 0. The van der Waals surface area contributed by atoms with E-state index in [0.717, 1.165) is 0 Å². The van der Waals surface area contributed by atoms with Gasteiger partial charge in [-0.25, -0.2) is 9.59 Å². The molecule has 1 amide bonds. The fraction of sp³-hybridized carbons (Fsp3) is 0.312. The van der Waals surface area contributed by atoms with E-state index in [2.05, 4.69) is 11.9 Å². The van der Waals surface area contributed by atoms with Crippen LogP contribution in [0.15, 0.2) is 30.9 Å². The molecule has 0 aromatic heterocycles. The molecule has 1 aromatic rings. The Hall–Kier alpha value is -2.72. The minimum atomic E-state index is -3.67. The maximum Gasteiger partial charge on any atom is 0.335 e. The molecular weight excluding hydrogens is 366 g/mol. The molecule has 9 nitrogen and oxygen atoms in total. The van der Waals surface area contributed by atoms with Crippen molar-refractivity contribution in [2.24, 2.45) is 0 Å². The van der Waals surface area contributed by atoms with Crippen molar-refractivity contribution in [1.82, 2.24) is 5.32 Å². The van der Waals surface area contributed by atoms with Gasteiger partial charge in [0, 0.05) is 7.05 Å². The first-order valence-corrected chi connectivity index (χ1v) is 8.87. The standard InChI is InChI=1S/C9H8O4.C4H7NO.C3H8O3S/c1-5-6(8(10)11)3-2-4-7(5)9(12)13;1-3-4(6)5-2;1-2-3-7(4,5)6/h2-4H,1H3,(H,10,11)(H,12,13);3H,1H2,2H3,(H,5,6);2-3H2,1H3,(H,4,5,6). The molecule has 0 atom stereocenters. The number of rotatable bonds is 5. The van der Waals surface area contributed by atoms with Crippen molar-refractivity contribution in [1.29, 1.82) is 0 Å². The summed E-state index contributed by atoms with van der Waals surface area (Å²) in [7, 11) is -2.11. The van der Waals surface area contributed by atoms with Crippen molar-refractivity contribution >= 4 is 28.0 Å². The largest absolute Gasteiger partial charge is 0.478 e. The molecule has 0 fully saturated rings. The van der Waals surface area contributed by atoms with Gasteiger partial charge in [0.1, 0.15) is 0 Å². The van der Waals surface area contributed by atoms with Crippen molar-refractivity contribution < 1.29 is 37.6 Å². The number of carboxylic acids is 2. The van der Waals surface area contributed by atoms with Crippen molar-refractivity contribution in [3.8, 4) is 0 Å². The van der Waals surface area contributed by atoms with Crippen molar-refractivity contribution in [2.75, 3.05) is 12.8 Å². The van der Waals surface area contributed by atoms with Gasteiger partial charge in [0.25, 0.3) is 10.1 Å². The lowest BCUT2D eigenvalue weighted by molar-refractivity contribution is -0.116. The maximum atomic E-state index is 10.6. The van der Waals surface area contributed by atoms with Gasteiger partial charge >= 0.3 is 11.9 Å². The Bertz CT molecular complexity index is 708. The number of nitrogens with one attached hydrogen (secondary N) is 1. The quantitative estimate of drug-likeness (QED) is 0.436. The lowest BCUT2D eigenvalue weighted by Crippen LogP contribution is -2.13. The number of benzene rings is 1. The fourth-order valence-electron chi connectivity index (χ4n) is 1.46. The Morgan fingerprint density at radius 1 is 1.15 bits per heavy atom. The third kappa shape index (κ3) is 11.8. The predicted molar refractivity (Wildman–Crippen MR) is 96.1 cm³/mol. The molecule has 0 spiro atoms. The van der Waals surface area contributed by atoms with E-state index in [1.165, 1.54) is 31.2 Å². The average molecular weight is 389 g/mol. The molecule has 0 aliphatic carbocycles. The molecule has 4 N–H and O–H groups in total. The zero-order chi connectivity index (χ0) is 20.9. The summed E-state index contributed by atoms with van der Waals surface area (Å²) in [6, 6.07) is 4.17. The van der Waals surface area contributed by atoms with Crippen LogP contribution in [0.5, 0.6) is 0 Å². The number of amides is 1. The monoisotopic (exact) mass is 389 g/mol. The maximum absolute atomic E-state index is 10.6. The summed E-state index contributed by atoms with van der Waals surface area (Å²) in [5.41, 5.74) is 0.335. The Kier molecular flexibility index (Phi) is 12.4.